The first-order valence-corrected chi connectivity index (χ1v) is 14.7. The van der Waals surface area contributed by atoms with E-state index in [4.69, 9.17) is 23.2 Å². The Labute approximate surface area is 239 Å². The molecule has 0 radical (unpaired) electrons. The Morgan fingerprint density at radius 1 is 1.18 bits per heavy atom. The largest absolute Gasteiger partial charge is 0.386 e. The van der Waals surface area contributed by atoms with Gasteiger partial charge in [0.2, 0.25) is 10.0 Å². The molecule has 2 aliphatic carbocycles. The van der Waals surface area contributed by atoms with Crippen molar-refractivity contribution in [3.8, 4) is 0 Å². The lowest BCUT2D eigenvalue weighted by molar-refractivity contribution is 0.219. The fraction of sp³-hybridized carbons (Fsp3) is 0.310. The van der Waals surface area contributed by atoms with E-state index in [1.807, 2.05) is 19.1 Å². The Bertz CT molecular complexity index is 1350. The molecule has 0 spiro atoms. The summed E-state index contributed by atoms with van der Waals surface area (Å²) >= 11 is 12.1. The summed E-state index contributed by atoms with van der Waals surface area (Å²) in [6.07, 6.45) is 10.1. The number of allylic oxidation sites excluding steroid dienone is 6. The topological polar surface area (TPSA) is 69.6 Å². The van der Waals surface area contributed by atoms with Crippen LogP contribution in [0.3, 0.4) is 0 Å². The number of benzene rings is 1. The highest BCUT2D eigenvalue weighted by molar-refractivity contribution is 7.90. The van der Waals surface area contributed by atoms with Crippen molar-refractivity contribution >= 4 is 33.2 Å². The van der Waals surface area contributed by atoms with Crippen LogP contribution >= 0.6 is 23.2 Å². The van der Waals surface area contributed by atoms with Crippen LogP contribution in [0.4, 0.5) is 8.78 Å². The van der Waals surface area contributed by atoms with E-state index >= 15 is 0 Å². The van der Waals surface area contributed by atoms with Crippen molar-refractivity contribution in [2.75, 3.05) is 19.6 Å². The molecule has 3 rings (SSSR count). The van der Waals surface area contributed by atoms with Gasteiger partial charge in [0, 0.05) is 42.7 Å². The molecule has 210 valence electrons. The maximum Gasteiger partial charge on any atom is 0.224 e. The average Bonchev–Trinajstić information content (AvgIpc) is 2.90. The molecule has 10 heteroatoms. The third-order valence-electron chi connectivity index (χ3n) is 6.32. The molecule has 2 unspecified atom stereocenters. The number of halogens is 4. The van der Waals surface area contributed by atoms with Crippen molar-refractivity contribution in [1.29, 1.82) is 0 Å². The second-order valence-electron chi connectivity index (χ2n) is 9.33. The molecular formula is C29H32Cl2F2N2O3S. The lowest BCUT2D eigenvalue weighted by atomic mass is 10.0. The van der Waals surface area contributed by atoms with E-state index in [1.165, 1.54) is 34.7 Å². The molecule has 1 aromatic carbocycles. The number of sulfonamides is 1. The van der Waals surface area contributed by atoms with Gasteiger partial charge in [-0.3, -0.25) is 0 Å². The van der Waals surface area contributed by atoms with Crippen LogP contribution in [-0.4, -0.2) is 48.8 Å². The van der Waals surface area contributed by atoms with Crippen molar-refractivity contribution in [2.45, 2.75) is 37.7 Å². The van der Waals surface area contributed by atoms with Gasteiger partial charge >= 0.3 is 0 Å². The van der Waals surface area contributed by atoms with Crippen molar-refractivity contribution in [1.82, 2.24) is 9.62 Å². The molecule has 0 heterocycles. The molecule has 0 saturated carbocycles. The minimum atomic E-state index is -4.15. The van der Waals surface area contributed by atoms with Gasteiger partial charge in [-0.15, -0.1) is 0 Å². The van der Waals surface area contributed by atoms with E-state index in [1.54, 1.807) is 24.3 Å². The predicted octanol–water partition coefficient (Wildman–Crippen LogP) is 6.17. The van der Waals surface area contributed by atoms with E-state index in [9.17, 15) is 22.3 Å². The van der Waals surface area contributed by atoms with Crippen LogP contribution in [0.1, 0.15) is 25.3 Å². The summed E-state index contributed by atoms with van der Waals surface area (Å²) < 4.78 is 55.3. The van der Waals surface area contributed by atoms with E-state index in [2.05, 4.69) is 11.9 Å². The molecule has 1 aromatic rings. The zero-order valence-corrected chi connectivity index (χ0v) is 23.9. The smallest absolute Gasteiger partial charge is 0.224 e. The molecule has 39 heavy (non-hydrogen) atoms. The van der Waals surface area contributed by atoms with Gasteiger partial charge < -0.3 is 10.4 Å². The number of hydrogen-bond donors (Lipinski definition) is 2. The first kappa shape index (κ1) is 31.2. The van der Waals surface area contributed by atoms with E-state index < -0.39 is 21.4 Å². The monoisotopic (exact) mass is 596 g/mol. The third kappa shape index (κ3) is 9.10. The first-order valence-electron chi connectivity index (χ1n) is 12.4. The van der Waals surface area contributed by atoms with E-state index in [0.717, 1.165) is 16.7 Å². The molecule has 0 saturated heterocycles. The Morgan fingerprint density at radius 2 is 1.90 bits per heavy atom. The van der Waals surface area contributed by atoms with Crippen molar-refractivity contribution < 1.29 is 22.3 Å². The predicted molar refractivity (Wildman–Crippen MR) is 155 cm³/mol. The normalized spacial score (nSPS) is 20.5. The van der Waals surface area contributed by atoms with Gasteiger partial charge in [0.05, 0.1) is 0 Å². The summed E-state index contributed by atoms with van der Waals surface area (Å²) in [6.45, 7) is 6.97. The number of aliphatic hydroxyl groups excluding tert-OH is 1. The van der Waals surface area contributed by atoms with E-state index in [0.29, 0.717) is 25.1 Å². The highest BCUT2D eigenvalue weighted by Crippen LogP contribution is 2.31. The third-order valence-corrected chi connectivity index (χ3v) is 8.94. The van der Waals surface area contributed by atoms with Crippen molar-refractivity contribution in [3.63, 3.8) is 0 Å². The minimum absolute atomic E-state index is 0.00465. The second kappa shape index (κ2) is 14.3. The standard InChI is InChI=1S/C29H32Cl2F2N2O3S/c1-3-21(16-34-17-22-6-10-25(32)11-7-22)5-4-20(2)18-35(19-23-8-12-26(33)13-9-23)39(37,38)28-15-24(30)14-27(31)29(28)36/h3-8,10-12,14-15,28-29,34,36H,2,9,13,16-19H2,1H3/b5-4-,21-3+. The summed E-state index contributed by atoms with van der Waals surface area (Å²) in [5, 5.41) is 12.5. The number of hydrogen-bond acceptors (Lipinski definition) is 4. The van der Waals surface area contributed by atoms with Gasteiger partial charge in [0.15, 0.2) is 0 Å². The molecular weight excluding hydrogens is 565 g/mol. The van der Waals surface area contributed by atoms with E-state index in [-0.39, 0.29) is 41.2 Å². The maximum absolute atomic E-state index is 13.7. The Hall–Kier alpha value is -2.33. The number of nitrogens with one attached hydrogen (secondary N) is 1. The lowest BCUT2D eigenvalue weighted by Crippen LogP contribution is -2.46. The van der Waals surface area contributed by atoms with Gasteiger partial charge in [-0.1, -0.05) is 71.8 Å². The van der Waals surface area contributed by atoms with Crippen LogP contribution in [0.25, 0.3) is 0 Å². The van der Waals surface area contributed by atoms with Crippen LogP contribution in [0.15, 0.2) is 106 Å². The second-order valence-corrected chi connectivity index (χ2v) is 12.3. The Morgan fingerprint density at radius 3 is 2.54 bits per heavy atom. The SMILES string of the molecule is C=C(/C=C\C(=C/C)CNCc1ccc(F)cc1)CN(CC1=CC=C(F)CC1)S(=O)(=O)C1C=C(Cl)C=C(Cl)C1O. The Kier molecular flexibility index (Phi) is 11.5. The molecule has 0 bridgehead atoms. The van der Waals surface area contributed by atoms with Crippen LogP contribution in [0.5, 0.6) is 0 Å². The highest BCUT2D eigenvalue weighted by atomic mass is 35.5. The van der Waals surface area contributed by atoms with Crippen LogP contribution in [0, 0.1) is 5.82 Å². The van der Waals surface area contributed by atoms with Gasteiger partial charge in [0.25, 0.3) is 0 Å². The minimum Gasteiger partial charge on any atom is -0.386 e. The van der Waals surface area contributed by atoms with Gasteiger partial charge in [0.1, 0.15) is 23.0 Å². The molecule has 0 fully saturated rings. The summed E-state index contributed by atoms with van der Waals surface area (Å²) in [5.41, 5.74) is 3.13. The van der Waals surface area contributed by atoms with Crippen LogP contribution in [0.2, 0.25) is 0 Å². The molecule has 5 nitrogen and oxygen atoms in total. The molecule has 2 aliphatic rings. The van der Waals surface area contributed by atoms with Gasteiger partial charge in [-0.2, -0.15) is 4.31 Å². The molecule has 2 atom stereocenters. The Balaban J connectivity index is 1.72. The number of rotatable bonds is 12. The maximum atomic E-state index is 13.7. The lowest BCUT2D eigenvalue weighted by Gasteiger charge is -2.31. The van der Waals surface area contributed by atoms with Crippen molar-refractivity contribution in [2.24, 2.45) is 0 Å². The highest BCUT2D eigenvalue weighted by Gasteiger charge is 2.39. The van der Waals surface area contributed by atoms with Gasteiger partial charge in [-0.25, -0.2) is 17.2 Å². The van der Waals surface area contributed by atoms with Crippen LogP contribution in [-0.2, 0) is 16.6 Å². The first-order chi connectivity index (χ1) is 18.5. The summed E-state index contributed by atoms with van der Waals surface area (Å²) in [6, 6.07) is 6.25. The number of nitrogens with zero attached hydrogens (tertiary/aromatic N) is 1. The average molecular weight is 598 g/mol. The number of aliphatic hydroxyl groups is 1. The van der Waals surface area contributed by atoms with Crippen molar-refractivity contribution in [3.05, 3.63) is 117 Å². The molecule has 0 aliphatic heterocycles. The van der Waals surface area contributed by atoms with Crippen LogP contribution < -0.4 is 5.32 Å². The van der Waals surface area contributed by atoms with Gasteiger partial charge in [-0.05, 0) is 60.4 Å². The molecule has 0 aromatic heterocycles. The zero-order valence-electron chi connectivity index (χ0n) is 21.6. The fourth-order valence-electron chi connectivity index (χ4n) is 4.06. The fourth-order valence-corrected chi connectivity index (χ4v) is 6.59. The summed E-state index contributed by atoms with van der Waals surface area (Å²) in [5.74, 6) is -0.549. The quantitative estimate of drug-likeness (QED) is 0.283. The molecule has 0 amide bonds. The summed E-state index contributed by atoms with van der Waals surface area (Å²) in [7, 11) is -4.15. The molecule has 2 N–H and O–H groups in total. The zero-order chi connectivity index (χ0) is 28.6. The summed E-state index contributed by atoms with van der Waals surface area (Å²) in [4.78, 5) is 0.